The molecule has 3 rings (SSSR count). The number of fused-ring (bicyclic) bond motifs is 2. The molecule has 0 atom stereocenters. The van der Waals surface area contributed by atoms with Gasteiger partial charge >= 0.3 is 0 Å². The molecule has 0 N–H and O–H groups in total. The fourth-order valence-corrected chi connectivity index (χ4v) is 3.30. The molecule has 0 fully saturated rings. The van der Waals surface area contributed by atoms with Crippen molar-refractivity contribution in [1.82, 2.24) is 0 Å². The molecular formula is C21H26N+. The SMILES string of the molecule is CCCCCCCC[n+]1c2ccccc2cc2ccccc21. The van der Waals surface area contributed by atoms with Crippen molar-refractivity contribution in [2.24, 2.45) is 0 Å². The van der Waals surface area contributed by atoms with Crippen LogP contribution in [0.1, 0.15) is 45.4 Å². The lowest BCUT2D eigenvalue weighted by atomic mass is 10.1. The quantitative estimate of drug-likeness (QED) is 0.301. The number of benzene rings is 2. The summed E-state index contributed by atoms with van der Waals surface area (Å²) >= 11 is 0. The maximum Gasteiger partial charge on any atom is 0.212 e. The van der Waals surface area contributed by atoms with Gasteiger partial charge in [-0.25, -0.2) is 0 Å². The first-order chi connectivity index (χ1) is 10.9. The second-order valence-electron chi connectivity index (χ2n) is 6.18. The highest BCUT2D eigenvalue weighted by molar-refractivity contribution is 5.88. The first-order valence-corrected chi connectivity index (χ1v) is 8.70. The normalized spacial score (nSPS) is 11.3. The summed E-state index contributed by atoms with van der Waals surface area (Å²) in [6.07, 6.45) is 8.07. The van der Waals surface area contributed by atoms with Gasteiger partial charge < -0.3 is 0 Å². The van der Waals surface area contributed by atoms with Crippen LogP contribution in [0.4, 0.5) is 0 Å². The molecule has 0 aliphatic rings. The lowest BCUT2D eigenvalue weighted by molar-refractivity contribution is -0.645. The van der Waals surface area contributed by atoms with E-state index in [1.165, 1.54) is 60.3 Å². The predicted octanol–water partition coefficient (Wildman–Crippen LogP) is 5.64. The van der Waals surface area contributed by atoms with Gasteiger partial charge in [0.1, 0.15) is 6.54 Å². The van der Waals surface area contributed by atoms with Gasteiger partial charge in [-0.2, -0.15) is 4.57 Å². The average Bonchev–Trinajstić information content (AvgIpc) is 2.57. The van der Waals surface area contributed by atoms with Crippen LogP contribution in [0.25, 0.3) is 21.8 Å². The molecule has 1 heteroatoms. The third-order valence-corrected chi connectivity index (χ3v) is 4.50. The molecule has 0 radical (unpaired) electrons. The summed E-state index contributed by atoms with van der Waals surface area (Å²) in [5.74, 6) is 0. The minimum atomic E-state index is 1.12. The summed E-state index contributed by atoms with van der Waals surface area (Å²) in [4.78, 5) is 0. The smallest absolute Gasteiger partial charge is 0.191 e. The molecule has 0 saturated carbocycles. The maximum absolute atomic E-state index is 2.50. The number of hydrogen-bond acceptors (Lipinski definition) is 0. The van der Waals surface area contributed by atoms with Gasteiger partial charge in [-0.3, -0.25) is 0 Å². The molecule has 0 saturated heterocycles. The minimum Gasteiger partial charge on any atom is -0.191 e. The van der Waals surface area contributed by atoms with Crippen LogP contribution in [0, 0.1) is 0 Å². The Bertz CT molecular complexity index is 691. The molecule has 22 heavy (non-hydrogen) atoms. The minimum absolute atomic E-state index is 1.12. The fourth-order valence-electron chi connectivity index (χ4n) is 3.30. The van der Waals surface area contributed by atoms with Gasteiger partial charge in [0, 0.05) is 29.3 Å². The molecule has 0 unspecified atom stereocenters. The van der Waals surface area contributed by atoms with Crippen LogP contribution in [0.3, 0.4) is 0 Å². The Morgan fingerprint density at radius 2 is 1.23 bits per heavy atom. The molecule has 1 aromatic heterocycles. The van der Waals surface area contributed by atoms with E-state index in [1.54, 1.807) is 0 Å². The summed E-state index contributed by atoms with van der Waals surface area (Å²) in [5.41, 5.74) is 2.71. The van der Waals surface area contributed by atoms with E-state index < -0.39 is 0 Å². The van der Waals surface area contributed by atoms with E-state index >= 15 is 0 Å². The molecule has 2 aromatic carbocycles. The largest absolute Gasteiger partial charge is 0.212 e. The van der Waals surface area contributed by atoms with Crippen LogP contribution >= 0.6 is 0 Å². The van der Waals surface area contributed by atoms with Crippen LogP contribution in [-0.4, -0.2) is 0 Å². The van der Waals surface area contributed by atoms with E-state index in [0.29, 0.717) is 0 Å². The third-order valence-electron chi connectivity index (χ3n) is 4.50. The van der Waals surface area contributed by atoms with Crippen LogP contribution in [-0.2, 0) is 6.54 Å². The molecule has 0 amide bonds. The Labute approximate surface area is 133 Å². The highest BCUT2D eigenvalue weighted by atomic mass is 15.0. The van der Waals surface area contributed by atoms with Gasteiger partial charge in [-0.05, 0) is 24.6 Å². The summed E-state index contributed by atoms with van der Waals surface area (Å²) < 4.78 is 2.50. The van der Waals surface area contributed by atoms with Crippen molar-refractivity contribution in [2.75, 3.05) is 0 Å². The predicted molar refractivity (Wildman–Crippen MR) is 95.0 cm³/mol. The number of nitrogens with zero attached hydrogens (tertiary/aromatic N) is 1. The molecule has 0 aliphatic heterocycles. The number of rotatable bonds is 7. The van der Waals surface area contributed by atoms with Crippen molar-refractivity contribution in [3.8, 4) is 0 Å². The summed E-state index contributed by atoms with van der Waals surface area (Å²) in [6, 6.07) is 19.8. The van der Waals surface area contributed by atoms with Gasteiger partial charge in [-0.1, -0.05) is 56.9 Å². The molecule has 1 nitrogen and oxygen atoms in total. The summed E-state index contributed by atoms with van der Waals surface area (Å²) in [5, 5.41) is 2.68. The standard InChI is InChI=1S/C21H26N/c1-2-3-4-5-6-11-16-22-20-14-9-7-12-18(20)17-19-13-8-10-15-21(19)22/h7-10,12-15,17H,2-6,11,16H2,1H3/q+1. The van der Waals surface area contributed by atoms with E-state index in [0.717, 1.165) is 6.54 Å². The Morgan fingerprint density at radius 1 is 0.682 bits per heavy atom. The van der Waals surface area contributed by atoms with Gasteiger partial charge in [-0.15, -0.1) is 0 Å². The summed E-state index contributed by atoms with van der Waals surface area (Å²) in [7, 11) is 0. The lowest BCUT2D eigenvalue weighted by Crippen LogP contribution is -2.35. The van der Waals surface area contributed by atoms with Crippen molar-refractivity contribution < 1.29 is 4.57 Å². The van der Waals surface area contributed by atoms with Crippen LogP contribution in [0.5, 0.6) is 0 Å². The molecular weight excluding hydrogens is 266 g/mol. The Balaban J connectivity index is 1.85. The highest BCUT2D eigenvalue weighted by Crippen LogP contribution is 2.18. The van der Waals surface area contributed by atoms with Crippen molar-refractivity contribution in [3.05, 3.63) is 54.6 Å². The molecule has 0 bridgehead atoms. The van der Waals surface area contributed by atoms with Crippen molar-refractivity contribution in [3.63, 3.8) is 0 Å². The van der Waals surface area contributed by atoms with Crippen molar-refractivity contribution >= 4 is 21.8 Å². The van der Waals surface area contributed by atoms with Gasteiger partial charge in [0.05, 0.1) is 0 Å². The van der Waals surface area contributed by atoms with Crippen LogP contribution < -0.4 is 4.57 Å². The number of unbranched alkanes of at least 4 members (excludes halogenated alkanes) is 5. The highest BCUT2D eigenvalue weighted by Gasteiger charge is 2.13. The number of para-hydroxylation sites is 2. The van der Waals surface area contributed by atoms with E-state index in [1.807, 2.05) is 0 Å². The number of pyridine rings is 1. The van der Waals surface area contributed by atoms with Crippen molar-refractivity contribution in [1.29, 1.82) is 0 Å². The van der Waals surface area contributed by atoms with Gasteiger partial charge in [0.15, 0.2) is 0 Å². The van der Waals surface area contributed by atoms with Crippen molar-refractivity contribution in [2.45, 2.75) is 52.0 Å². The Hall–Kier alpha value is -1.89. The molecule has 0 spiro atoms. The second-order valence-corrected chi connectivity index (χ2v) is 6.18. The second kappa shape index (κ2) is 7.40. The Morgan fingerprint density at radius 3 is 1.86 bits per heavy atom. The van der Waals surface area contributed by atoms with E-state index in [9.17, 15) is 0 Å². The van der Waals surface area contributed by atoms with Gasteiger partial charge in [0.2, 0.25) is 11.0 Å². The molecule has 1 heterocycles. The number of hydrogen-bond donors (Lipinski definition) is 0. The first-order valence-electron chi connectivity index (χ1n) is 8.70. The third kappa shape index (κ3) is 3.30. The zero-order valence-corrected chi connectivity index (χ0v) is 13.6. The lowest BCUT2D eigenvalue weighted by Gasteiger charge is -2.06. The number of aromatic nitrogens is 1. The zero-order chi connectivity index (χ0) is 15.2. The Kier molecular flexibility index (Phi) is 5.05. The first kappa shape index (κ1) is 15.0. The summed E-state index contributed by atoms with van der Waals surface area (Å²) in [6.45, 7) is 3.39. The monoisotopic (exact) mass is 292 g/mol. The number of aryl methyl sites for hydroxylation is 1. The van der Waals surface area contributed by atoms with Crippen LogP contribution in [0.2, 0.25) is 0 Å². The fraction of sp³-hybridized carbons (Fsp3) is 0.381. The van der Waals surface area contributed by atoms with E-state index in [-0.39, 0.29) is 0 Å². The molecule has 114 valence electrons. The van der Waals surface area contributed by atoms with Crippen LogP contribution in [0.15, 0.2) is 54.6 Å². The van der Waals surface area contributed by atoms with E-state index in [4.69, 9.17) is 0 Å². The topological polar surface area (TPSA) is 3.88 Å². The average molecular weight is 292 g/mol. The molecule has 3 aromatic rings. The maximum atomic E-state index is 2.50. The molecule has 0 aliphatic carbocycles. The van der Waals surface area contributed by atoms with Gasteiger partial charge in [0.25, 0.3) is 0 Å². The van der Waals surface area contributed by atoms with E-state index in [2.05, 4.69) is 66.1 Å². The zero-order valence-electron chi connectivity index (χ0n) is 13.6.